The van der Waals surface area contributed by atoms with Crippen molar-refractivity contribution >= 4 is 21.6 Å². The van der Waals surface area contributed by atoms with E-state index in [-0.39, 0.29) is 0 Å². The van der Waals surface area contributed by atoms with E-state index in [1.165, 1.54) is 30.5 Å². The van der Waals surface area contributed by atoms with E-state index in [0.29, 0.717) is 17.9 Å². The van der Waals surface area contributed by atoms with Crippen molar-refractivity contribution in [3.63, 3.8) is 0 Å². The highest BCUT2D eigenvalue weighted by molar-refractivity contribution is 7.85. The van der Waals surface area contributed by atoms with E-state index >= 15 is 0 Å². The second kappa shape index (κ2) is 7.00. The summed E-state index contributed by atoms with van der Waals surface area (Å²) in [6.45, 7) is 1.20. The van der Waals surface area contributed by atoms with Gasteiger partial charge >= 0.3 is 0 Å². The molecule has 3 aliphatic rings. The third-order valence-electron chi connectivity index (χ3n) is 6.16. The maximum absolute atomic E-state index is 12.5. The molecule has 2 fully saturated rings. The Bertz CT molecular complexity index is 665. The third kappa shape index (κ3) is 3.27. The van der Waals surface area contributed by atoms with Gasteiger partial charge in [0.2, 0.25) is 0 Å². The van der Waals surface area contributed by atoms with Crippen molar-refractivity contribution in [2.45, 2.75) is 54.9 Å². The predicted octanol–water partition coefficient (Wildman–Crippen LogP) is 3.00. The Morgan fingerprint density at radius 1 is 1.17 bits per heavy atom. The molecule has 3 nitrogen and oxygen atoms in total. The third-order valence-corrected chi connectivity index (χ3v) is 9.11. The fourth-order valence-electron chi connectivity index (χ4n) is 4.64. The van der Waals surface area contributed by atoms with Gasteiger partial charge in [-0.3, -0.25) is 8.42 Å². The molecule has 4 rings (SSSR count). The molecule has 3 aliphatic heterocycles. The lowest BCUT2D eigenvalue weighted by molar-refractivity contribution is 0.286. The van der Waals surface area contributed by atoms with Crippen LogP contribution in [0.25, 0.3) is 0 Å². The number of fused-ring (bicyclic) bond motifs is 1. The monoisotopic (exact) mass is 365 g/mol. The first-order valence-electron chi connectivity index (χ1n) is 9.19. The molecule has 0 amide bonds. The molecular weight excluding hydrogens is 338 g/mol. The summed E-state index contributed by atoms with van der Waals surface area (Å²) in [5.74, 6) is 3.46. The molecule has 3 heterocycles. The van der Waals surface area contributed by atoms with Gasteiger partial charge in [-0.15, -0.1) is 0 Å². The zero-order valence-electron chi connectivity index (χ0n) is 14.4. The summed E-state index contributed by atoms with van der Waals surface area (Å²) < 4.78 is 24.1. The van der Waals surface area contributed by atoms with E-state index in [4.69, 9.17) is 0 Å². The molecule has 3 atom stereocenters. The summed E-state index contributed by atoms with van der Waals surface area (Å²) in [5, 5.41) is 0. The van der Waals surface area contributed by atoms with Gasteiger partial charge in [-0.1, -0.05) is 12.1 Å². The van der Waals surface area contributed by atoms with Crippen LogP contribution in [-0.4, -0.2) is 50.2 Å². The van der Waals surface area contributed by atoms with Crippen LogP contribution in [0.4, 0.5) is 0 Å². The predicted molar refractivity (Wildman–Crippen MR) is 101 cm³/mol. The van der Waals surface area contributed by atoms with E-state index in [1.54, 1.807) is 0 Å². The highest BCUT2D eigenvalue weighted by Crippen LogP contribution is 2.40. The van der Waals surface area contributed by atoms with Crippen LogP contribution in [0, 0.1) is 0 Å². The Hall–Kier alpha value is -0.520. The minimum atomic E-state index is -0.825. The van der Waals surface area contributed by atoms with Gasteiger partial charge in [0.25, 0.3) is 0 Å². The summed E-state index contributed by atoms with van der Waals surface area (Å²) in [4.78, 5) is 3.55. The number of likely N-dealkylation sites (tertiary alicyclic amines) is 1. The fraction of sp³-hybridized carbons (Fsp3) is 0.684. The average molecular weight is 366 g/mol. The number of hydrogen-bond acceptors (Lipinski definition) is 3. The summed E-state index contributed by atoms with van der Waals surface area (Å²) >= 11 is 0. The first-order chi connectivity index (χ1) is 11.6. The Kier molecular flexibility index (Phi) is 4.94. The van der Waals surface area contributed by atoms with Crippen LogP contribution in [0.3, 0.4) is 0 Å². The molecule has 5 heteroatoms. The van der Waals surface area contributed by atoms with Gasteiger partial charge in [-0.25, -0.2) is 0 Å². The van der Waals surface area contributed by atoms with Crippen LogP contribution in [0.1, 0.15) is 55.1 Å². The first kappa shape index (κ1) is 16.9. The highest BCUT2D eigenvalue weighted by atomic mass is 32.2. The highest BCUT2D eigenvalue weighted by Gasteiger charge is 2.33. The first-order valence-corrected chi connectivity index (χ1v) is 12.0. The molecule has 0 saturated carbocycles. The van der Waals surface area contributed by atoms with E-state index in [2.05, 4.69) is 30.1 Å². The largest absolute Gasteiger partial charge is 0.303 e. The number of nitrogens with zero attached hydrogens (tertiary/aromatic N) is 1. The molecule has 1 aromatic rings. The van der Waals surface area contributed by atoms with Crippen molar-refractivity contribution in [1.29, 1.82) is 0 Å². The Morgan fingerprint density at radius 2 is 1.96 bits per heavy atom. The lowest BCUT2D eigenvalue weighted by Crippen LogP contribution is -2.27. The maximum Gasteiger partial charge on any atom is 0.0538 e. The zero-order chi connectivity index (χ0) is 16.7. The molecule has 1 aromatic carbocycles. The van der Waals surface area contributed by atoms with Gasteiger partial charge in [-0.05, 0) is 74.7 Å². The molecule has 0 N–H and O–H groups in total. The quantitative estimate of drug-likeness (QED) is 0.826. The number of benzene rings is 1. The fourth-order valence-corrected chi connectivity index (χ4v) is 7.51. The van der Waals surface area contributed by atoms with Crippen LogP contribution >= 0.6 is 0 Å². The van der Waals surface area contributed by atoms with Crippen LogP contribution in [-0.2, 0) is 21.6 Å². The second-order valence-electron chi connectivity index (χ2n) is 7.64. The van der Waals surface area contributed by atoms with E-state index in [1.807, 2.05) is 0 Å². The van der Waals surface area contributed by atoms with Gasteiger partial charge in [0.1, 0.15) is 0 Å². The molecule has 0 bridgehead atoms. The molecule has 2 saturated heterocycles. The van der Waals surface area contributed by atoms with Crippen molar-refractivity contribution in [2.75, 3.05) is 30.9 Å². The van der Waals surface area contributed by atoms with Gasteiger partial charge in [0.15, 0.2) is 0 Å². The van der Waals surface area contributed by atoms with Crippen molar-refractivity contribution in [3.8, 4) is 0 Å². The molecule has 0 aromatic heterocycles. The van der Waals surface area contributed by atoms with Crippen molar-refractivity contribution in [3.05, 3.63) is 29.3 Å². The van der Waals surface area contributed by atoms with Crippen LogP contribution in [0.15, 0.2) is 23.1 Å². The number of rotatable bonds is 3. The summed E-state index contributed by atoms with van der Waals surface area (Å²) in [7, 11) is 0.792. The topological polar surface area (TPSA) is 37.4 Å². The van der Waals surface area contributed by atoms with Gasteiger partial charge in [0.05, 0.1) is 10.8 Å². The summed E-state index contributed by atoms with van der Waals surface area (Å²) in [6, 6.07) is 7.29. The molecule has 0 spiro atoms. The summed E-state index contributed by atoms with van der Waals surface area (Å²) in [6.07, 6.45) is 5.79. The van der Waals surface area contributed by atoms with Gasteiger partial charge < -0.3 is 4.90 Å². The SMILES string of the molecule is CN1CCC[C@@H]1CC1CS(=O)c2ccc(C3CCS(=O)CC3)cc21. The zero-order valence-corrected chi connectivity index (χ0v) is 16.0. The summed E-state index contributed by atoms with van der Waals surface area (Å²) in [5.41, 5.74) is 2.73. The lowest BCUT2D eigenvalue weighted by atomic mass is 9.87. The lowest BCUT2D eigenvalue weighted by Gasteiger charge is -2.25. The van der Waals surface area contributed by atoms with Gasteiger partial charge in [-0.2, -0.15) is 0 Å². The Morgan fingerprint density at radius 3 is 2.67 bits per heavy atom. The number of hydrogen-bond donors (Lipinski definition) is 0. The van der Waals surface area contributed by atoms with E-state index < -0.39 is 21.6 Å². The van der Waals surface area contributed by atoms with Crippen LogP contribution in [0.5, 0.6) is 0 Å². The molecule has 132 valence electrons. The van der Waals surface area contributed by atoms with Crippen LogP contribution < -0.4 is 0 Å². The van der Waals surface area contributed by atoms with E-state index in [9.17, 15) is 8.42 Å². The van der Waals surface area contributed by atoms with E-state index in [0.717, 1.165) is 41.4 Å². The average Bonchev–Trinajstić information content (AvgIpc) is 3.12. The second-order valence-corrected chi connectivity index (χ2v) is 10.8. The molecule has 2 unspecified atom stereocenters. The smallest absolute Gasteiger partial charge is 0.0538 e. The minimum Gasteiger partial charge on any atom is -0.303 e. The molecule has 0 aliphatic carbocycles. The normalized spacial score (nSPS) is 36.8. The van der Waals surface area contributed by atoms with Crippen molar-refractivity contribution in [2.24, 2.45) is 0 Å². The van der Waals surface area contributed by atoms with Crippen LogP contribution in [0.2, 0.25) is 0 Å². The Balaban J connectivity index is 1.56. The van der Waals surface area contributed by atoms with Crippen molar-refractivity contribution < 1.29 is 8.42 Å². The Labute approximate surface area is 150 Å². The molecule has 24 heavy (non-hydrogen) atoms. The molecular formula is C19H27NO2S2. The molecule has 0 radical (unpaired) electrons. The van der Waals surface area contributed by atoms with Crippen molar-refractivity contribution in [1.82, 2.24) is 4.90 Å². The minimum absolute atomic E-state index is 0.448. The van der Waals surface area contributed by atoms with Gasteiger partial charge in [0, 0.05) is 39.0 Å². The maximum atomic E-state index is 12.5. The standard InChI is InChI=1S/C19H27NO2S2/c1-20-8-2-3-17(20)11-16-13-24(22)19-5-4-15(12-18(16)19)14-6-9-23(21)10-7-14/h4-5,12,14,16-17H,2-3,6-11,13H2,1H3/t14?,16?,17-,23?,24?/m1/s1.